The second-order valence-corrected chi connectivity index (χ2v) is 6.48. The van der Waals surface area contributed by atoms with Crippen LogP contribution in [0.25, 0.3) is 0 Å². The van der Waals surface area contributed by atoms with Crippen molar-refractivity contribution in [2.75, 3.05) is 59.8 Å². The Hall–Kier alpha value is -0.320. The Bertz CT molecular complexity index is 370. The van der Waals surface area contributed by atoms with Crippen LogP contribution in [-0.4, -0.2) is 83.9 Å². The first-order valence-electron chi connectivity index (χ1n) is 8.75. The van der Waals surface area contributed by atoms with Crippen molar-refractivity contribution < 1.29 is 37.9 Å². The first kappa shape index (κ1) is 17.1. The molecule has 4 saturated heterocycles. The van der Waals surface area contributed by atoms with Gasteiger partial charge in [0.1, 0.15) is 25.3 Å². The van der Waals surface area contributed by atoms with E-state index in [1.165, 1.54) is 0 Å². The van der Waals surface area contributed by atoms with E-state index in [0.717, 1.165) is 12.8 Å². The van der Waals surface area contributed by atoms with Crippen LogP contribution in [0.3, 0.4) is 0 Å². The molecule has 0 aromatic heterocycles. The van der Waals surface area contributed by atoms with E-state index in [-0.39, 0.29) is 24.9 Å². The highest BCUT2D eigenvalue weighted by atomic mass is 16.7. The highest BCUT2D eigenvalue weighted by Gasteiger charge is 2.59. The summed E-state index contributed by atoms with van der Waals surface area (Å²) in [6.07, 6.45) is 0.585. The normalized spacial score (nSPS) is 40.5. The second-order valence-electron chi connectivity index (χ2n) is 6.48. The number of hydrogen-bond donors (Lipinski definition) is 0. The Balaban J connectivity index is 1.64. The number of ether oxygens (including phenoxy) is 8. The fraction of sp³-hybridized carbons (Fsp3) is 1.00. The van der Waals surface area contributed by atoms with Crippen molar-refractivity contribution in [1.29, 1.82) is 0 Å². The molecule has 3 atom stereocenters. The summed E-state index contributed by atoms with van der Waals surface area (Å²) in [4.78, 5) is 0. The molecule has 4 aliphatic heterocycles. The van der Waals surface area contributed by atoms with Crippen molar-refractivity contribution in [1.82, 2.24) is 0 Å². The maximum atomic E-state index is 6.38. The molecule has 138 valence electrons. The van der Waals surface area contributed by atoms with Crippen molar-refractivity contribution in [3.05, 3.63) is 0 Å². The average Bonchev–Trinajstić information content (AvgIpc) is 2.70. The average molecular weight is 346 g/mol. The van der Waals surface area contributed by atoms with Crippen molar-refractivity contribution in [2.45, 2.75) is 36.9 Å². The van der Waals surface area contributed by atoms with E-state index in [2.05, 4.69) is 0 Å². The zero-order chi connectivity index (χ0) is 16.2. The van der Waals surface area contributed by atoms with Gasteiger partial charge in [0, 0.05) is 12.3 Å². The lowest BCUT2D eigenvalue weighted by atomic mass is 9.75. The van der Waals surface area contributed by atoms with Crippen LogP contribution >= 0.6 is 0 Å². The van der Waals surface area contributed by atoms with Gasteiger partial charge in [-0.25, -0.2) is 0 Å². The topological polar surface area (TPSA) is 73.8 Å². The van der Waals surface area contributed by atoms with Crippen molar-refractivity contribution in [3.8, 4) is 0 Å². The minimum absolute atomic E-state index is 0.0197. The highest BCUT2D eigenvalue weighted by molar-refractivity contribution is 5.05. The van der Waals surface area contributed by atoms with Gasteiger partial charge in [-0.1, -0.05) is 0 Å². The summed E-state index contributed by atoms with van der Waals surface area (Å²) in [6.45, 7) is 4.59. The Morgan fingerprint density at radius 1 is 0.708 bits per heavy atom. The first-order valence-corrected chi connectivity index (χ1v) is 8.75. The van der Waals surface area contributed by atoms with Crippen molar-refractivity contribution >= 4 is 0 Å². The number of rotatable bonds is 3. The Morgan fingerprint density at radius 2 is 1.54 bits per heavy atom. The number of hydrogen-bond acceptors (Lipinski definition) is 8. The van der Waals surface area contributed by atoms with Gasteiger partial charge < -0.3 is 37.9 Å². The molecule has 4 rings (SSSR count). The van der Waals surface area contributed by atoms with Gasteiger partial charge in [0.15, 0.2) is 6.29 Å². The van der Waals surface area contributed by atoms with E-state index in [0.29, 0.717) is 53.0 Å². The van der Waals surface area contributed by atoms with E-state index in [1.54, 1.807) is 0 Å². The molecule has 0 saturated carbocycles. The van der Waals surface area contributed by atoms with E-state index in [1.807, 2.05) is 0 Å². The highest BCUT2D eigenvalue weighted by Crippen LogP contribution is 2.42. The van der Waals surface area contributed by atoms with Gasteiger partial charge >= 0.3 is 0 Å². The van der Waals surface area contributed by atoms with E-state index in [9.17, 15) is 0 Å². The quantitative estimate of drug-likeness (QED) is 0.722. The monoisotopic (exact) mass is 346 g/mol. The van der Waals surface area contributed by atoms with Crippen LogP contribution in [0.5, 0.6) is 0 Å². The molecule has 8 heteroatoms. The molecule has 24 heavy (non-hydrogen) atoms. The van der Waals surface area contributed by atoms with E-state index >= 15 is 0 Å². The fourth-order valence-corrected chi connectivity index (χ4v) is 4.03. The molecule has 0 spiro atoms. The Labute approximate surface area is 141 Å². The van der Waals surface area contributed by atoms with Gasteiger partial charge in [0.25, 0.3) is 0 Å². The van der Waals surface area contributed by atoms with Crippen LogP contribution in [0.4, 0.5) is 0 Å². The predicted octanol–water partition coefficient (Wildman–Crippen LogP) is 0.287. The SMILES string of the molecule is C1COC(C2OCCOC2(C2COCOC2)C2CCOCO2)OC1. The largest absolute Gasteiger partial charge is 0.367 e. The van der Waals surface area contributed by atoms with Crippen LogP contribution < -0.4 is 0 Å². The third-order valence-electron chi connectivity index (χ3n) is 5.10. The van der Waals surface area contributed by atoms with Gasteiger partial charge in [-0.2, -0.15) is 0 Å². The Morgan fingerprint density at radius 3 is 2.29 bits per heavy atom. The van der Waals surface area contributed by atoms with Gasteiger partial charge in [-0.05, 0) is 6.42 Å². The minimum atomic E-state index is -0.732. The summed E-state index contributed by atoms with van der Waals surface area (Å²) in [5.41, 5.74) is -0.732. The van der Waals surface area contributed by atoms with E-state index in [4.69, 9.17) is 37.9 Å². The van der Waals surface area contributed by atoms with Gasteiger partial charge in [-0.3, -0.25) is 0 Å². The molecule has 0 radical (unpaired) electrons. The maximum absolute atomic E-state index is 6.38. The zero-order valence-electron chi connectivity index (χ0n) is 13.9. The Kier molecular flexibility index (Phi) is 5.65. The molecule has 4 heterocycles. The van der Waals surface area contributed by atoms with Crippen LogP contribution in [-0.2, 0) is 37.9 Å². The maximum Gasteiger partial charge on any atom is 0.186 e. The van der Waals surface area contributed by atoms with Crippen LogP contribution in [0.1, 0.15) is 12.8 Å². The summed E-state index contributed by atoms with van der Waals surface area (Å²) in [7, 11) is 0. The molecule has 0 aliphatic carbocycles. The van der Waals surface area contributed by atoms with Crippen LogP contribution in [0, 0.1) is 5.92 Å². The smallest absolute Gasteiger partial charge is 0.186 e. The molecule has 0 amide bonds. The van der Waals surface area contributed by atoms with Gasteiger partial charge in [-0.15, -0.1) is 0 Å². The predicted molar refractivity (Wildman–Crippen MR) is 79.3 cm³/mol. The molecule has 8 nitrogen and oxygen atoms in total. The minimum Gasteiger partial charge on any atom is -0.367 e. The van der Waals surface area contributed by atoms with Gasteiger partial charge in [0.2, 0.25) is 0 Å². The van der Waals surface area contributed by atoms with Crippen LogP contribution in [0.15, 0.2) is 0 Å². The summed E-state index contributed by atoms with van der Waals surface area (Å²) >= 11 is 0. The third kappa shape index (κ3) is 3.22. The van der Waals surface area contributed by atoms with Crippen molar-refractivity contribution in [2.24, 2.45) is 5.92 Å². The molecule has 3 unspecified atom stereocenters. The lowest BCUT2D eigenvalue weighted by Gasteiger charge is -2.54. The molecular formula is C16H26O8. The van der Waals surface area contributed by atoms with Crippen LogP contribution in [0.2, 0.25) is 0 Å². The summed E-state index contributed by atoms with van der Waals surface area (Å²) in [6, 6.07) is 0. The lowest BCUT2D eigenvalue weighted by molar-refractivity contribution is -0.358. The molecular weight excluding hydrogens is 320 g/mol. The molecule has 4 aliphatic rings. The molecule has 4 fully saturated rings. The third-order valence-corrected chi connectivity index (χ3v) is 5.10. The molecule has 0 bridgehead atoms. The molecule has 0 N–H and O–H groups in total. The first-order chi connectivity index (χ1) is 11.9. The summed E-state index contributed by atoms with van der Waals surface area (Å²) in [5.74, 6) is -0.0197. The fourth-order valence-electron chi connectivity index (χ4n) is 4.03. The second kappa shape index (κ2) is 7.92. The molecule has 0 aromatic carbocycles. The standard InChI is InChI=1S/C16H26O8/c1-3-21-15(22-4-1)14-16(24-7-6-20-14,12-8-18-10-19-9-12)13-2-5-17-11-23-13/h12-15H,1-11H2. The zero-order valence-corrected chi connectivity index (χ0v) is 13.9. The summed E-state index contributed by atoms with van der Waals surface area (Å²) < 4.78 is 46.7. The summed E-state index contributed by atoms with van der Waals surface area (Å²) in [5, 5.41) is 0. The van der Waals surface area contributed by atoms with Crippen molar-refractivity contribution in [3.63, 3.8) is 0 Å². The van der Waals surface area contributed by atoms with E-state index < -0.39 is 11.9 Å². The lowest BCUT2D eigenvalue weighted by Crippen LogP contribution is -2.70. The molecule has 0 aromatic rings. The van der Waals surface area contributed by atoms with Gasteiger partial charge in [0.05, 0.1) is 52.4 Å².